The Bertz CT molecular complexity index is 1130. The highest BCUT2D eigenvalue weighted by Gasteiger charge is 2.41. The highest BCUT2D eigenvalue weighted by Crippen LogP contribution is 2.37. The van der Waals surface area contributed by atoms with Gasteiger partial charge in [0.1, 0.15) is 12.2 Å². The zero-order chi connectivity index (χ0) is 34.0. The number of ether oxygens (including phenoxy) is 3. The minimum atomic E-state index is -1.13. The number of benzene rings is 1. The fourth-order valence-corrected chi connectivity index (χ4v) is 6.97. The van der Waals surface area contributed by atoms with Crippen LogP contribution < -0.4 is 14.8 Å². The van der Waals surface area contributed by atoms with Gasteiger partial charge in [-0.3, -0.25) is 14.5 Å². The van der Waals surface area contributed by atoms with Crippen LogP contribution in [-0.2, 0) is 20.9 Å². The molecule has 3 rings (SSSR count). The van der Waals surface area contributed by atoms with E-state index in [0.29, 0.717) is 58.9 Å². The van der Waals surface area contributed by atoms with Gasteiger partial charge in [0.25, 0.3) is 0 Å². The van der Waals surface area contributed by atoms with E-state index in [1.807, 2.05) is 0 Å². The number of halogens is 1. The first-order valence-corrected chi connectivity index (χ1v) is 18.4. The van der Waals surface area contributed by atoms with Crippen LogP contribution >= 0.6 is 22.6 Å². The van der Waals surface area contributed by atoms with Gasteiger partial charge in [-0.1, -0.05) is 58.3 Å². The van der Waals surface area contributed by atoms with E-state index >= 15 is 0 Å². The zero-order valence-electron chi connectivity index (χ0n) is 28.3. The molecule has 12 heteroatoms. The van der Waals surface area contributed by atoms with Crippen LogP contribution in [0.4, 0.5) is 0 Å². The summed E-state index contributed by atoms with van der Waals surface area (Å²) < 4.78 is 18.1. The van der Waals surface area contributed by atoms with Crippen LogP contribution in [0, 0.1) is 3.57 Å². The quantitative estimate of drug-likeness (QED) is 0.109. The van der Waals surface area contributed by atoms with Crippen LogP contribution in [0.2, 0.25) is 0 Å². The van der Waals surface area contributed by atoms with Crippen LogP contribution in [-0.4, -0.2) is 115 Å². The summed E-state index contributed by atoms with van der Waals surface area (Å²) >= 11 is 2.09. The van der Waals surface area contributed by atoms with Gasteiger partial charge in [-0.15, -0.1) is 0 Å². The number of morpholine rings is 1. The average molecular weight is 774 g/mol. The number of nitrogens with one attached hydrogen (secondary N) is 1. The van der Waals surface area contributed by atoms with Crippen molar-refractivity contribution >= 4 is 34.4 Å². The number of unbranched alkanes of at least 4 members (excludes halogenated alkanes) is 8. The molecule has 0 spiro atoms. The van der Waals surface area contributed by atoms with Crippen molar-refractivity contribution in [1.29, 1.82) is 0 Å². The molecular formula is C35H56IN3O8. The number of aliphatic hydroxyl groups excluding tert-OH is 3. The van der Waals surface area contributed by atoms with Gasteiger partial charge in [0.05, 0.1) is 43.1 Å². The SMILES string of the molecule is CCCCCCCCCCCC(=O)N(CCN1CCOCC1)[C@@H]1CC(C(=O)NCCO)=C[C@H](Oc2c(I)cc(CO)cc2OC)[C@H]1O. The largest absolute Gasteiger partial charge is 0.493 e. The molecular weight excluding hydrogens is 717 g/mol. The van der Waals surface area contributed by atoms with Gasteiger partial charge in [0.15, 0.2) is 11.5 Å². The van der Waals surface area contributed by atoms with Gasteiger partial charge in [-0.2, -0.15) is 0 Å². The summed E-state index contributed by atoms with van der Waals surface area (Å²) in [5.74, 6) is 0.352. The van der Waals surface area contributed by atoms with E-state index in [1.165, 1.54) is 45.6 Å². The first-order chi connectivity index (χ1) is 22.8. The standard InChI is InChI=1S/C35H56IN3O8/c1-3-4-5-6-7-8-9-10-11-12-32(42)39(15-14-38-16-19-46-20-17-38)29-23-27(35(44)37-13-18-40)24-30(33(29)43)47-34-28(36)21-26(25-41)22-31(34)45-2/h21-22,24,29-30,33,40-41,43H,3-20,23,25H2,1-2H3,(H,37,44)/t29-,30+,33+/m1/s1. The van der Waals surface area contributed by atoms with Gasteiger partial charge in [0.2, 0.25) is 11.8 Å². The maximum atomic E-state index is 13.9. The topological polar surface area (TPSA) is 141 Å². The molecule has 1 fully saturated rings. The predicted octanol–water partition coefficient (Wildman–Crippen LogP) is 3.79. The number of hydrogen-bond acceptors (Lipinski definition) is 9. The second-order valence-corrected chi connectivity index (χ2v) is 13.6. The molecule has 1 aliphatic carbocycles. The Balaban J connectivity index is 1.81. The Morgan fingerprint density at radius 2 is 1.74 bits per heavy atom. The van der Waals surface area contributed by atoms with Crippen molar-refractivity contribution < 1.29 is 39.1 Å². The highest BCUT2D eigenvalue weighted by atomic mass is 127. The summed E-state index contributed by atoms with van der Waals surface area (Å²) in [6.45, 7) is 5.79. The Hall–Kier alpha value is -1.97. The van der Waals surface area contributed by atoms with Crippen LogP contribution in [0.5, 0.6) is 11.5 Å². The second kappa shape index (κ2) is 21.9. The molecule has 266 valence electrons. The van der Waals surface area contributed by atoms with Crippen molar-refractivity contribution in [2.75, 3.05) is 59.7 Å². The van der Waals surface area contributed by atoms with Crippen molar-refractivity contribution in [3.8, 4) is 11.5 Å². The molecule has 2 amide bonds. The zero-order valence-corrected chi connectivity index (χ0v) is 30.4. The summed E-state index contributed by atoms with van der Waals surface area (Å²) in [6, 6.07) is 2.74. The lowest BCUT2D eigenvalue weighted by molar-refractivity contribution is -0.139. The Morgan fingerprint density at radius 1 is 1.06 bits per heavy atom. The number of aliphatic hydroxyl groups is 3. The number of nitrogens with zero attached hydrogens (tertiary/aromatic N) is 2. The normalized spacial score (nSPS) is 20.0. The Morgan fingerprint density at radius 3 is 2.38 bits per heavy atom. The van der Waals surface area contributed by atoms with Crippen LogP contribution in [0.1, 0.15) is 83.1 Å². The van der Waals surface area contributed by atoms with Crippen LogP contribution in [0.15, 0.2) is 23.8 Å². The molecule has 0 saturated carbocycles. The molecule has 1 aromatic carbocycles. The molecule has 3 atom stereocenters. The summed E-state index contributed by atoms with van der Waals surface area (Å²) in [5.41, 5.74) is 1.03. The summed E-state index contributed by atoms with van der Waals surface area (Å²) in [6.07, 6.45) is 10.4. The van der Waals surface area contributed by atoms with Crippen molar-refractivity contribution in [2.45, 2.75) is 102 Å². The van der Waals surface area contributed by atoms with E-state index < -0.39 is 18.2 Å². The minimum Gasteiger partial charge on any atom is -0.493 e. The molecule has 1 saturated heterocycles. The van der Waals surface area contributed by atoms with E-state index in [2.05, 4.69) is 39.7 Å². The molecule has 1 heterocycles. The maximum absolute atomic E-state index is 13.9. The first kappa shape index (κ1) is 39.5. The molecule has 2 aliphatic rings. The number of methoxy groups -OCH3 is 1. The van der Waals surface area contributed by atoms with Crippen molar-refractivity contribution in [3.05, 3.63) is 32.9 Å². The van der Waals surface area contributed by atoms with Gasteiger partial charge in [-0.05, 0) is 52.8 Å². The molecule has 0 radical (unpaired) electrons. The molecule has 0 aromatic heterocycles. The third-order valence-electron chi connectivity index (χ3n) is 8.92. The van der Waals surface area contributed by atoms with E-state index in [1.54, 1.807) is 23.1 Å². The molecule has 1 aliphatic heterocycles. The Kier molecular flexibility index (Phi) is 18.4. The number of rotatable bonds is 21. The third kappa shape index (κ3) is 12.8. The molecule has 0 unspecified atom stereocenters. The minimum absolute atomic E-state index is 0.0412. The van der Waals surface area contributed by atoms with Crippen molar-refractivity contribution in [3.63, 3.8) is 0 Å². The van der Waals surface area contributed by atoms with Crippen LogP contribution in [0.3, 0.4) is 0 Å². The summed E-state index contributed by atoms with van der Waals surface area (Å²) in [4.78, 5) is 31.2. The van der Waals surface area contributed by atoms with Gasteiger partial charge >= 0.3 is 0 Å². The molecule has 0 bridgehead atoms. The number of carbonyl (C=O) groups excluding carboxylic acids is 2. The molecule has 4 N–H and O–H groups in total. The fourth-order valence-electron chi connectivity index (χ4n) is 6.17. The lowest BCUT2D eigenvalue weighted by atomic mass is 9.87. The van der Waals surface area contributed by atoms with E-state index in [9.17, 15) is 24.9 Å². The van der Waals surface area contributed by atoms with Crippen molar-refractivity contribution in [1.82, 2.24) is 15.1 Å². The molecule has 11 nitrogen and oxygen atoms in total. The highest BCUT2D eigenvalue weighted by molar-refractivity contribution is 14.1. The van der Waals surface area contributed by atoms with E-state index in [0.717, 1.165) is 32.4 Å². The number of hydrogen-bond donors (Lipinski definition) is 4. The smallest absolute Gasteiger partial charge is 0.247 e. The fraction of sp³-hybridized carbons (Fsp3) is 0.714. The maximum Gasteiger partial charge on any atom is 0.247 e. The summed E-state index contributed by atoms with van der Waals surface area (Å²) in [7, 11) is 1.50. The van der Waals surface area contributed by atoms with Gasteiger partial charge in [-0.25, -0.2) is 0 Å². The van der Waals surface area contributed by atoms with Gasteiger partial charge < -0.3 is 39.7 Å². The summed E-state index contributed by atoms with van der Waals surface area (Å²) in [5, 5.41) is 33.6. The van der Waals surface area contributed by atoms with E-state index in [4.69, 9.17) is 14.2 Å². The third-order valence-corrected chi connectivity index (χ3v) is 9.72. The molecule has 1 aromatic rings. The van der Waals surface area contributed by atoms with Gasteiger partial charge in [0, 0.05) is 51.1 Å². The number of amides is 2. The monoisotopic (exact) mass is 773 g/mol. The lowest BCUT2D eigenvalue weighted by Crippen LogP contribution is -2.56. The number of carbonyl (C=O) groups is 2. The predicted molar refractivity (Wildman–Crippen MR) is 189 cm³/mol. The van der Waals surface area contributed by atoms with Crippen LogP contribution in [0.25, 0.3) is 0 Å². The first-order valence-electron chi connectivity index (χ1n) is 17.3. The lowest BCUT2D eigenvalue weighted by Gasteiger charge is -2.41. The molecule has 47 heavy (non-hydrogen) atoms. The van der Waals surface area contributed by atoms with E-state index in [-0.39, 0.29) is 38.0 Å². The average Bonchev–Trinajstić information content (AvgIpc) is 3.08. The van der Waals surface area contributed by atoms with Crippen molar-refractivity contribution in [2.24, 2.45) is 0 Å². The Labute approximate surface area is 294 Å². The second-order valence-electron chi connectivity index (χ2n) is 12.4.